The van der Waals surface area contributed by atoms with Crippen LogP contribution in [-0.2, 0) is 13.0 Å². The first-order chi connectivity index (χ1) is 15.9. The molecule has 3 heterocycles. The lowest BCUT2D eigenvalue weighted by Gasteiger charge is -2.26. The van der Waals surface area contributed by atoms with E-state index in [0.717, 1.165) is 30.6 Å². The summed E-state index contributed by atoms with van der Waals surface area (Å²) in [5.41, 5.74) is 3.76. The number of ether oxygens (including phenoxy) is 1. The summed E-state index contributed by atoms with van der Waals surface area (Å²) in [6, 6.07) is 10.5. The van der Waals surface area contributed by atoms with Crippen LogP contribution in [0.25, 0.3) is 16.7 Å². The molecule has 0 aliphatic carbocycles. The van der Waals surface area contributed by atoms with E-state index in [4.69, 9.17) is 16.3 Å². The molecule has 0 fully saturated rings. The molecule has 33 heavy (non-hydrogen) atoms. The van der Waals surface area contributed by atoms with Crippen molar-refractivity contribution in [2.45, 2.75) is 19.4 Å². The third-order valence-corrected chi connectivity index (χ3v) is 6.16. The minimum atomic E-state index is -2.56. The first-order valence-electron chi connectivity index (χ1n) is 10.5. The van der Waals surface area contributed by atoms with Crippen molar-refractivity contribution in [1.29, 1.82) is 0 Å². The molecular formula is C24H22ClF2N5O. The molecule has 2 aromatic carbocycles. The Morgan fingerprint density at radius 2 is 2.00 bits per heavy atom. The van der Waals surface area contributed by atoms with Gasteiger partial charge in [-0.2, -0.15) is 4.98 Å². The van der Waals surface area contributed by atoms with Gasteiger partial charge in [0, 0.05) is 30.2 Å². The highest BCUT2D eigenvalue weighted by molar-refractivity contribution is 6.32. The molecular weight excluding hydrogens is 448 g/mol. The van der Waals surface area contributed by atoms with E-state index in [-0.39, 0.29) is 5.56 Å². The van der Waals surface area contributed by atoms with Crippen LogP contribution >= 0.6 is 11.6 Å². The molecule has 6 nitrogen and oxygen atoms in total. The van der Waals surface area contributed by atoms with Crippen molar-refractivity contribution < 1.29 is 13.5 Å². The van der Waals surface area contributed by atoms with Crippen LogP contribution in [0.1, 0.15) is 23.1 Å². The van der Waals surface area contributed by atoms with Crippen LogP contribution in [0.4, 0.5) is 20.4 Å². The minimum absolute atomic E-state index is 0.0604. The van der Waals surface area contributed by atoms with Crippen LogP contribution in [0, 0.1) is 0 Å². The van der Waals surface area contributed by atoms with Gasteiger partial charge in [0.25, 0.3) is 6.43 Å². The third kappa shape index (κ3) is 4.12. The van der Waals surface area contributed by atoms with Gasteiger partial charge >= 0.3 is 0 Å². The Morgan fingerprint density at radius 1 is 1.15 bits per heavy atom. The van der Waals surface area contributed by atoms with Gasteiger partial charge in [0.2, 0.25) is 5.95 Å². The van der Waals surface area contributed by atoms with Gasteiger partial charge in [-0.3, -0.25) is 4.57 Å². The molecule has 0 amide bonds. The Morgan fingerprint density at radius 3 is 2.79 bits per heavy atom. The third-order valence-electron chi connectivity index (χ3n) is 5.89. The highest BCUT2D eigenvalue weighted by Gasteiger charge is 2.18. The van der Waals surface area contributed by atoms with Crippen LogP contribution in [0.15, 0.2) is 48.8 Å². The molecule has 0 spiro atoms. The van der Waals surface area contributed by atoms with Crippen molar-refractivity contribution in [1.82, 2.24) is 19.4 Å². The second-order valence-electron chi connectivity index (χ2n) is 8.10. The van der Waals surface area contributed by atoms with E-state index in [0.29, 0.717) is 28.1 Å². The van der Waals surface area contributed by atoms with Gasteiger partial charge in [-0.25, -0.2) is 13.8 Å². The van der Waals surface area contributed by atoms with E-state index < -0.39 is 6.43 Å². The summed E-state index contributed by atoms with van der Waals surface area (Å²) < 4.78 is 33.8. The van der Waals surface area contributed by atoms with Gasteiger partial charge in [0.05, 0.1) is 24.5 Å². The summed E-state index contributed by atoms with van der Waals surface area (Å²) in [5, 5.41) is 4.35. The number of aromatic nitrogens is 3. The SMILES string of the molecule is COc1cc2c(cc1Nc1ncc(Cl)c(-n3ccc4ccc(C(F)F)cc43)n1)CN(C)CC2. The molecule has 0 atom stereocenters. The smallest absolute Gasteiger partial charge is 0.263 e. The van der Waals surface area contributed by atoms with Gasteiger partial charge in [-0.1, -0.05) is 23.7 Å². The number of nitrogens with zero attached hydrogens (tertiary/aromatic N) is 4. The molecule has 9 heteroatoms. The highest BCUT2D eigenvalue weighted by Crippen LogP contribution is 2.34. The Balaban J connectivity index is 1.54. The number of likely N-dealkylation sites (N-methyl/N-ethyl adjacent to an activating group) is 1. The predicted molar refractivity (Wildman–Crippen MR) is 125 cm³/mol. The molecule has 5 rings (SSSR count). The number of rotatable bonds is 5. The fourth-order valence-corrected chi connectivity index (χ4v) is 4.35. The largest absolute Gasteiger partial charge is 0.495 e. The zero-order chi connectivity index (χ0) is 23.1. The van der Waals surface area contributed by atoms with E-state index in [9.17, 15) is 8.78 Å². The number of fused-ring (bicyclic) bond motifs is 2. The summed E-state index contributed by atoms with van der Waals surface area (Å²) in [4.78, 5) is 11.2. The molecule has 4 aromatic rings. The van der Waals surface area contributed by atoms with Gasteiger partial charge < -0.3 is 15.0 Å². The summed E-state index contributed by atoms with van der Waals surface area (Å²) >= 11 is 6.41. The predicted octanol–water partition coefficient (Wildman–Crippen LogP) is 5.75. The molecule has 1 aliphatic heterocycles. The van der Waals surface area contributed by atoms with E-state index in [1.54, 1.807) is 23.9 Å². The fraction of sp³-hybridized carbons (Fsp3) is 0.250. The average Bonchev–Trinajstić information content (AvgIpc) is 3.23. The van der Waals surface area contributed by atoms with Gasteiger partial charge in [0.15, 0.2) is 5.82 Å². The number of hydrogen-bond acceptors (Lipinski definition) is 5. The van der Waals surface area contributed by atoms with Crippen molar-refractivity contribution in [2.75, 3.05) is 26.0 Å². The summed E-state index contributed by atoms with van der Waals surface area (Å²) in [6.07, 6.45) is 1.65. The Hall–Kier alpha value is -3.23. The van der Waals surface area contributed by atoms with Crippen molar-refractivity contribution in [3.63, 3.8) is 0 Å². The van der Waals surface area contributed by atoms with E-state index >= 15 is 0 Å². The van der Waals surface area contributed by atoms with Crippen LogP contribution < -0.4 is 10.1 Å². The Labute approximate surface area is 194 Å². The van der Waals surface area contributed by atoms with Gasteiger partial charge in [-0.15, -0.1) is 0 Å². The molecule has 2 aromatic heterocycles. The topological polar surface area (TPSA) is 55.2 Å². The number of halogens is 3. The molecule has 0 saturated carbocycles. The van der Waals surface area contributed by atoms with Crippen molar-refractivity contribution >= 4 is 34.1 Å². The fourth-order valence-electron chi connectivity index (χ4n) is 4.17. The Bertz CT molecular complexity index is 1340. The van der Waals surface area contributed by atoms with Crippen LogP contribution in [0.3, 0.4) is 0 Å². The lowest BCUT2D eigenvalue weighted by atomic mass is 9.99. The first kappa shape index (κ1) is 21.6. The van der Waals surface area contributed by atoms with Crippen molar-refractivity contribution in [2.24, 2.45) is 0 Å². The molecule has 0 unspecified atom stereocenters. The second kappa shape index (κ2) is 8.61. The van der Waals surface area contributed by atoms with Crippen LogP contribution in [0.5, 0.6) is 5.75 Å². The molecule has 0 radical (unpaired) electrons. The lowest BCUT2D eigenvalue weighted by molar-refractivity contribution is 0.151. The van der Waals surface area contributed by atoms with Crippen molar-refractivity contribution in [3.05, 3.63) is 70.5 Å². The van der Waals surface area contributed by atoms with Crippen molar-refractivity contribution in [3.8, 4) is 11.6 Å². The number of hydrogen-bond donors (Lipinski definition) is 1. The summed E-state index contributed by atoms with van der Waals surface area (Å²) in [6.45, 7) is 1.85. The first-order valence-corrected chi connectivity index (χ1v) is 10.9. The highest BCUT2D eigenvalue weighted by atomic mass is 35.5. The Kier molecular flexibility index (Phi) is 5.64. The number of alkyl halides is 2. The normalized spacial score (nSPS) is 14.0. The average molecular weight is 470 g/mol. The number of nitrogens with one attached hydrogen (secondary N) is 1. The standard InChI is InChI=1S/C24H22ClF2N5O/c1-31-7-5-15-11-21(33-2)19(9-17(15)13-31)29-24-28-12-18(25)23(30-24)32-8-6-14-3-4-16(22(26)27)10-20(14)32/h3-4,6,8-12,22H,5,7,13H2,1-2H3,(H,28,29,30). The maximum atomic E-state index is 13.3. The maximum absolute atomic E-state index is 13.3. The van der Waals surface area contributed by atoms with Gasteiger partial charge in [0.1, 0.15) is 10.8 Å². The number of methoxy groups -OCH3 is 1. The lowest BCUT2D eigenvalue weighted by Crippen LogP contribution is -2.26. The minimum Gasteiger partial charge on any atom is -0.495 e. The van der Waals surface area contributed by atoms with Crippen LogP contribution in [-0.4, -0.2) is 40.1 Å². The molecule has 0 bridgehead atoms. The number of benzene rings is 2. The van der Waals surface area contributed by atoms with Gasteiger partial charge in [-0.05, 0) is 48.9 Å². The zero-order valence-corrected chi connectivity index (χ0v) is 18.9. The molecule has 1 aliphatic rings. The monoisotopic (exact) mass is 469 g/mol. The van der Waals surface area contributed by atoms with E-state index in [1.165, 1.54) is 29.5 Å². The summed E-state index contributed by atoms with van der Waals surface area (Å²) in [5.74, 6) is 1.42. The van der Waals surface area contributed by atoms with E-state index in [1.807, 2.05) is 12.1 Å². The quantitative estimate of drug-likeness (QED) is 0.403. The second-order valence-corrected chi connectivity index (χ2v) is 8.51. The van der Waals surface area contributed by atoms with Crippen LogP contribution in [0.2, 0.25) is 5.02 Å². The zero-order valence-electron chi connectivity index (χ0n) is 18.1. The van der Waals surface area contributed by atoms with E-state index in [2.05, 4.69) is 33.3 Å². The maximum Gasteiger partial charge on any atom is 0.263 e. The summed E-state index contributed by atoms with van der Waals surface area (Å²) in [7, 11) is 3.72. The molecule has 1 N–H and O–H groups in total. The number of anilines is 2. The molecule has 170 valence electrons. The molecule has 0 saturated heterocycles.